The smallest absolute Gasteiger partial charge is 0.0935 e. The highest BCUT2D eigenvalue weighted by Gasteiger charge is 2.13. The maximum absolute atomic E-state index is 6.14. The number of nitrogens with zero attached hydrogens (tertiary/aromatic N) is 3. The predicted octanol–water partition coefficient (Wildman–Crippen LogP) is 7.07. The van der Waals surface area contributed by atoms with Crippen LogP contribution in [-0.2, 0) is 0 Å². The number of anilines is 1. The van der Waals surface area contributed by atoms with Crippen LogP contribution in [0.5, 0.6) is 0 Å². The molecular formula is C23H27Cl2N3. The Labute approximate surface area is 178 Å². The zero-order chi connectivity index (χ0) is 20.4. The van der Waals surface area contributed by atoms with Crippen molar-refractivity contribution in [3.05, 3.63) is 76.7 Å². The summed E-state index contributed by atoms with van der Waals surface area (Å²) >= 11 is 12.2. The fourth-order valence-corrected chi connectivity index (χ4v) is 3.13. The van der Waals surface area contributed by atoms with E-state index in [0.29, 0.717) is 10.0 Å². The third kappa shape index (κ3) is 6.50. The molecule has 2 aromatic heterocycles. The molecule has 28 heavy (non-hydrogen) atoms. The molecule has 0 atom stereocenters. The summed E-state index contributed by atoms with van der Waals surface area (Å²) < 4.78 is 0. The van der Waals surface area contributed by atoms with Crippen LogP contribution in [0.15, 0.2) is 61.1 Å². The lowest BCUT2D eigenvalue weighted by atomic mass is 10.1. The van der Waals surface area contributed by atoms with Crippen molar-refractivity contribution >= 4 is 28.9 Å². The van der Waals surface area contributed by atoms with E-state index in [4.69, 9.17) is 23.2 Å². The molecule has 0 radical (unpaired) electrons. The maximum Gasteiger partial charge on any atom is 0.0935 e. The third-order valence-electron chi connectivity index (χ3n) is 4.15. The van der Waals surface area contributed by atoms with Gasteiger partial charge < -0.3 is 4.90 Å². The van der Waals surface area contributed by atoms with Gasteiger partial charge in [-0.3, -0.25) is 9.97 Å². The second kappa shape index (κ2) is 11.7. The summed E-state index contributed by atoms with van der Waals surface area (Å²) in [5, 5.41) is 1.13. The molecule has 0 amide bonds. The third-order valence-corrected chi connectivity index (χ3v) is 4.89. The van der Waals surface area contributed by atoms with E-state index in [1.165, 1.54) is 5.56 Å². The minimum Gasteiger partial charge on any atom is -0.370 e. The van der Waals surface area contributed by atoms with Gasteiger partial charge >= 0.3 is 0 Å². The average Bonchev–Trinajstić information content (AvgIpc) is 2.71. The molecule has 0 aliphatic heterocycles. The van der Waals surface area contributed by atoms with Crippen LogP contribution in [0.4, 0.5) is 5.69 Å². The topological polar surface area (TPSA) is 29.0 Å². The molecule has 0 aliphatic carbocycles. The van der Waals surface area contributed by atoms with Gasteiger partial charge in [0.15, 0.2) is 0 Å². The largest absolute Gasteiger partial charge is 0.370 e. The van der Waals surface area contributed by atoms with Crippen molar-refractivity contribution < 1.29 is 0 Å². The van der Waals surface area contributed by atoms with Crippen LogP contribution in [-0.4, -0.2) is 23.1 Å². The van der Waals surface area contributed by atoms with Gasteiger partial charge in [-0.1, -0.05) is 43.1 Å². The van der Waals surface area contributed by atoms with Crippen molar-refractivity contribution in [1.29, 1.82) is 0 Å². The van der Waals surface area contributed by atoms with E-state index in [-0.39, 0.29) is 0 Å². The Morgan fingerprint density at radius 2 is 1.54 bits per heavy atom. The van der Waals surface area contributed by atoms with Crippen LogP contribution in [0.2, 0.25) is 10.0 Å². The molecule has 0 fully saturated rings. The Morgan fingerprint density at radius 3 is 2.07 bits per heavy atom. The highest BCUT2D eigenvalue weighted by Crippen LogP contribution is 2.33. The van der Waals surface area contributed by atoms with Gasteiger partial charge in [0.25, 0.3) is 0 Å². The van der Waals surface area contributed by atoms with Crippen LogP contribution in [0.3, 0.4) is 0 Å². The molecule has 5 heteroatoms. The number of pyridine rings is 2. The van der Waals surface area contributed by atoms with Crippen LogP contribution in [0.1, 0.15) is 32.3 Å². The van der Waals surface area contributed by atoms with Crippen LogP contribution < -0.4 is 4.90 Å². The molecule has 2 heterocycles. The van der Waals surface area contributed by atoms with Crippen molar-refractivity contribution in [3.63, 3.8) is 0 Å². The van der Waals surface area contributed by atoms with Crippen molar-refractivity contribution in [2.45, 2.75) is 33.6 Å². The molecule has 3 nitrogen and oxygen atoms in total. The summed E-state index contributed by atoms with van der Waals surface area (Å²) in [5.74, 6) is 0. The molecule has 0 spiro atoms. The molecule has 0 aliphatic rings. The summed E-state index contributed by atoms with van der Waals surface area (Å²) in [6.07, 6.45) is 7.60. The average molecular weight is 416 g/mol. The van der Waals surface area contributed by atoms with Crippen LogP contribution >= 0.6 is 23.2 Å². The Morgan fingerprint density at radius 1 is 0.857 bits per heavy atom. The molecule has 0 bridgehead atoms. The number of hydrogen-bond donors (Lipinski definition) is 0. The van der Waals surface area contributed by atoms with Crippen molar-refractivity contribution in [3.8, 4) is 11.3 Å². The van der Waals surface area contributed by atoms with Gasteiger partial charge in [0.05, 0.1) is 21.4 Å². The van der Waals surface area contributed by atoms with Crippen molar-refractivity contribution in [2.24, 2.45) is 0 Å². The number of benzene rings is 1. The highest BCUT2D eigenvalue weighted by atomic mass is 35.5. The second-order valence-corrected chi connectivity index (χ2v) is 7.33. The van der Waals surface area contributed by atoms with E-state index in [0.717, 1.165) is 42.9 Å². The molecule has 0 saturated carbocycles. The van der Waals surface area contributed by atoms with Gasteiger partial charge in [0.2, 0.25) is 0 Å². The molecule has 1 aromatic carbocycles. The second-order valence-electron chi connectivity index (χ2n) is 6.51. The van der Waals surface area contributed by atoms with Crippen molar-refractivity contribution in [1.82, 2.24) is 9.97 Å². The van der Waals surface area contributed by atoms with Crippen LogP contribution in [0.25, 0.3) is 11.3 Å². The SMILES string of the molecule is CCCN(CCC)c1cccnc1-c1ccc(Cl)c(Cl)c1.Cc1ccncc1. The lowest BCUT2D eigenvalue weighted by Crippen LogP contribution is -2.25. The Kier molecular flexibility index (Phi) is 9.26. The zero-order valence-electron chi connectivity index (χ0n) is 16.7. The van der Waals surface area contributed by atoms with Gasteiger partial charge in [-0.25, -0.2) is 0 Å². The Bertz CT molecular complexity index is 847. The summed E-state index contributed by atoms with van der Waals surface area (Å²) in [5.41, 5.74) is 4.37. The summed E-state index contributed by atoms with van der Waals surface area (Å²) in [6.45, 7) is 8.47. The molecule has 3 rings (SSSR count). The quantitative estimate of drug-likeness (QED) is 0.430. The summed E-state index contributed by atoms with van der Waals surface area (Å²) in [7, 11) is 0. The van der Waals surface area contributed by atoms with Gasteiger partial charge in [-0.2, -0.15) is 0 Å². The van der Waals surface area contributed by atoms with Crippen LogP contribution in [0, 0.1) is 6.92 Å². The van der Waals surface area contributed by atoms with E-state index in [2.05, 4.69) is 34.8 Å². The van der Waals surface area contributed by atoms with Gasteiger partial charge in [0.1, 0.15) is 0 Å². The van der Waals surface area contributed by atoms with E-state index in [1.807, 2.05) is 49.5 Å². The minimum absolute atomic E-state index is 0.559. The zero-order valence-corrected chi connectivity index (χ0v) is 18.2. The number of rotatable bonds is 6. The fraction of sp³-hybridized carbons (Fsp3) is 0.304. The fourth-order valence-electron chi connectivity index (χ4n) is 2.84. The maximum atomic E-state index is 6.14. The molecule has 0 unspecified atom stereocenters. The lowest BCUT2D eigenvalue weighted by molar-refractivity contribution is 0.744. The first-order valence-electron chi connectivity index (χ1n) is 9.58. The van der Waals surface area contributed by atoms with Gasteiger partial charge in [0, 0.05) is 37.2 Å². The van der Waals surface area contributed by atoms with E-state index >= 15 is 0 Å². The molecule has 0 N–H and O–H groups in total. The normalized spacial score (nSPS) is 10.2. The van der Waals surface area contributed by atoms with Gasteiger partial charge in [-0.15, -0.1) is 0 Å². The highest BCUT2D eigenvalue weighted by molar-refractivity contribution is 6.42. The molecule has 3 aromatic rings. The molecule has 0 saturated heterocycles. The number of halogens is 2. The summed E-state index contributed by atoms with van der Waals surface area (Å²) in [4.78, 5) is 10.8. The van der Waals surface area contributed by atoms with Crippen molar-refractivity contribution in [2.75, 3.05) is 18.0 Å². The molecular weight excluding hydrogens is 389 g/mol. The summed E-state index contributed by atoms with van der Waals surface area (Å²) in [6, 6.07) is 13.7. The van der Waals surface area contributed by atoms with E-state index in [1.54, 1.807) is 12.4 Å². The first-order valence-corrected chi connectivity index (χ1v) is 10.3. The Hall–Kier alpha value is -2.10. The number of hydrogen-bond acceptors (Lipinski definition) is 3. The monoisotopic (exact) mass is 415 g/mol. The predicted molar refractivity (Wildman–Crippen MR) is 121 cm³/mol. The van der Waals surface area contributed by atoms with Gasteiger partial charge in [-0.05, 0) is 61.7 Å². The lowest BCUT2D eigenvalue weighted by Gasteiger charge is -2.25. The molecule has 148 valence electrons. The minimum atomic E-state index is 0.559. The van der Waals surface area contributed by atoms with E-state index < -0.39 is 0 Å². The first-order chi connectivity index (χ1) is 13.6. The van der Waals surface area contributed by atoms with E-state index in [9.17, 15) is 0 Å². The number of aryl methyl sites for hydroxylation is 1. The Balaban J connectivity index is 0.000000336. The number of aromatic nitrogens is 2. The standard InChI is InChI=1S/C17H20Cl2N2.C6H7N/c1-3-10-21(11-4-2)16-6-5-9-20-17(16)13-7-8-14(18)15(19)12-13;1-6-2-4-7-5-3-6/h5-9,12H,3-4,10-11H2,1-2H3;2-5H,1H3. The first kappa shape index (κ1) is 22.2.